The van der Waals surface area contributed by atoms with Gasteiger partial charge in [-0.05, 0) is 5.56 Å². The first kappa shape index (κ1) is 15.9. The van der Waals surface area contributed by atoms with Gasteiger partial charge in [0.1, 0.15) is 0 Å². The second-order valence-corrected chi connectivity index (χ2v) is 5.76. The van der Waals surface area contributed by atoms with E-state index in [0.717, 1.165) is 16.8 Å². The van der Waals surface area contributed by atoms with Crippen LogP contribution in [0.5, 0.6) is 0 Å². The van der Waals surface area contributed by atoms with Crippen LogP contribution in [0.15, 0.2) is 71.1 Å². The van der Waals surface area contributed by atoms with Gasteiger partial charge in [0.05, 0.1) is 12.1 Å². The molecule has 0 aliphatic carbocycles. The molecule has 3 aromatic rings. The molecule has 0 fully saturated rings. The smallest absolute Gasteiger partial charge is 0.299 e. The molecule has 24 heavy (non-hydrogen) atoms. The van der Waals surface area contributed by atoms with Crippen LogP contribution in [0.4, 0.5) is 5.13 Å². The number of benzene rings is 2. The first-order chi connectivity index (χ1) is 11.8. The summed E-state index contributed by atoms with van der Waals surface area (Å²) < 4.78 is 4.94. The Labute approximate surface area is 143 Å². The molecule has 0 saturated heterocycles. The summed E-state index contributed by atoms with van der Waals surface area (Å²) in [6, 6.07) is 19.6. The summed E-state index contributed by atoms with van der Waals surface area (Å²) in [6.45, 7) is 0.376. The minimum absolute atomic E-state index is 0.285. The maximum Gasteiger partial charge on any atom is 0.299 e. The molecule has 5 nitrogen and oxygen atoms in total. The quantitative estimate of drug-likeness (QED) is 0.320. The van der Waals surface area contributed by atoms with Gasteiger partial charge in [0, 0.05) is 10.9 Å². The van der Waals surface area contributed by atoms with Crippen LogP contribution >= 0.6 is 11.3 Å². The molecular weight excluding hydrogens is 322 g/mol. The van der Waals surface area contributed by atoms with Crippen molar-refractivity contribution in [3.05, 3.63) is 71.6 Å². The zero-order valence-corrected chi connectivity index (χ0v) is 13.6. The van der Waals surface area contributed by atoms with Gasteiger partial charge in [0.25, 0.3) is 6.47 Å². The van der Waals surface area contributed by atoms with Crippen LogP contribution in [0.1, 0.15) is 5.56 Å². The largest absolute Gasteiger partial charge is 0.412 e. The number of carbonyl (C=O) groups is 1. The van der Waals surface area contributed by atoms with Crippen molar-refractivity contribution in [3.63, 3.8) is 0 Å². The molecule has 1 heterocycles. The number of hydrazone groups is 1. The summed E-state index contributed by atoms with van der Waals surface area (Å²) in [4.78, 5) is 15.1. The predicted octanol–water partition coefficient (Wildman–Crippen LogP) is 3.95. The molecule has 1 N–H and O–H groups in total. The van der Waals surface area contributed by atoms with Crippen LogP contribution in [0, 0.1) is 0 Å². The van der Waals surface area contributed by atoms with Crippen molar-refractivity contribution in [1.82, 2.24) is 4.98 Å². The number of thiazole rings is 1. The third-order valence-electron chi connectivity index (χ3n) is 3.23. The number of anilines is 1. The summed E-state index contributed by atoms with van der Waals surface area (Å²) in [5.41, 5.74) is 5.77. The number of hydrogen-bond acceptors (Lipinski definition) is 6. The standard InChI is InChI=1S/C18H15N3O2S/c22-13-23-17(11-14-7-3-1-4-8-14)20-21-18-19-16(12-24-18)15-9-5-2-6-10-15/h1-10,12-13H,11H2,(H,19,21)/b20-17+. The molecule has 2 aromatic carbocycles. The molecule has 0 radical (unpaired) electrons. The lowest BCUT2D eigenvalue weighted by molar-refractivity contribution is -0.121. The van der Waals surface area contributed by atoms with Crippen molar-refractivity contribution < 1.29 is 9.53 Å². The van der Waals surface area contributed by atoms with Crippen molar-refractivity contribution >= 4 is 28.8 Å². The zero-order valence-electron chi connectivity index (χ0n) is 12.8. The average molecular weight is 337 g/mol. The molecular formula is C18H15N3O2S. The molecule has 0 saturated carbocycles. The third kappa shape index (κ3) is 4.27. The SMILES string of the molecule is O=CO/C(Cc1ccccc1)=N/Nc1nc(-c2ccccc2)cs1. The van der Waals surface area contributed by atoms with Crippen LogP contribution in [0.25, 0.3) is 11.3 Å². The summed E-state index contributed by atoms with van der Waals surface area (Å²) in [5.74, 6) is 0.285. The topological polar surface area (TPSA) is 63.6 Å². The van der Waals surface area contributed by atoms with Crippen molar-refractivity contribution in [3.8, 4) is 11.3 Å². The van der Waals surface area contributed by atoms with Gasteiger partial charge in [-0.25, -0.2) is 10.4 Å². The van der Waals surface area contributed by atoms with Crippen molar-refractivity contribution in [2.24, 2.45) is 5.10 Å². The number of carbonyl (C=O) groups excluding carboxylic acids is 1. The third-order valence-corrected chi connectivity index (χ3v) is 3.98. The number of hydrogen-bond donors (Lipinski definition) is 1. The van der Waals surface area contributed by atoms with Crippen LogP contribution in [0.2, 0.25) is 0 Å². The van der Waals surface area contributed by atoms with Gasteiger partial charge in [0.2, 0.25) is 11.0 Å². The van der Waals surface area contributed by atoms with Gasteiger partial charge in [-0.3, -0.25) is 4.79 Å². The van der Waals surface area contributed by atoms with Gasteiger partial charge in [0.15, 0.2) is 0 Å². The second-order valence-electron chi connectivity index (χ2n) is 4.90. The first-order valence-corrected chi connectivity index (χ1v) is 8.21. The lowest BCUT2D eigenvalue weighted by atomic mass is 10.1. The summed E-state index contributed by atoms with van der Waals surface area (Å²) in [5, 5.41) is 6.73. The molecule has 120 valence electrons. The fourth-order valence-corrected chi connectivity index (χ4v) is 2.77. The average Bonchev–Trinajstić information content (AvgIpc) is 3.11. The van der Waals surface area contributed by atoms with E-state index in [2.05, 4.69) is 15.5 Å². The molecule has 0 amide bonds. The Morgan fingerprint density at radius 3 is 2.54 bits per heavy atom. The Morgan fingerprint density at radius 2 is 1.83 bits per heavy atom. The van der Waals surface area contributed by atoms with E-state index in [0.29, 0.717) is 18.0 Å². The number of aromatic nitrogens is 1. The predicted molar refractivity (Wildman–Crippen MR) is 95.9 cm³/mol. The van der Waals surface area contributed by atoms with E-state index in [-0.39, 0.29) is 5.90 Å². The Kier molecular flexibility index (Phi) is 5.32. The number of nitrogens with zero attached hydrogens (tertiary/aromatic N) is 2. The molecule has 0 spiro atoms. The molecule has 0 aliphatic rings. The highest BCUT2D eigenvalue weighted by atomic mass is 32.1. The molecule has 0 unspecified atom stereocenters. The van der Waals surface area contributed by atoms with Crippen LogP contribution in [-0.2, 0) is 16.0 Å². The van der Waals surface area contributed by atoms with Crippen molar-refractivity contribution in [2.45, 2.75) is 6.42 Å². The van der Waals surface area contributed by atoms with E-state index in [1.165, 1.54) is 11.3 Å². The Morgan fingerprint density at radius 1 is 1.12 bits per heavy atom. The number of nitrogens with one attached hydrogen (secondary N) is 1. The minimum Gasteiger partial charge on any atom is -0.412 e. The Hall–Kier alpha value is -2.99. The molecule has 0 aliphatic heterocycles. The Balaban J connectivity index is 1.70. The minimum atomic E-state index is 0.285. The number of rotatable bonds is 6. The second kappa shape index (κ2) is 8.03. The van der Waals surface area contributed by atoms with Crippen molar-refractivity contribution in [1.29, 1.82) is 0 Å². The van der Waals surface area contributed by atoms with Crippen molar-refractivity contribution in [2.75, 3.05) is 5.43 Å². The van der Waals surface area contributed by atoms with Crippen LogP contribution < -0.4 is 5.43 Å². The number of ether oxygens (including phenoxy) is 1. The highest BCUT2D eigenvalue weighted by Crippen LogP contribution is 2.24. The van der Waals surface area contributed by atoms with Crippen LogP contribution in [-0.4, -0.2) is 17.4 Å². The molecule has 0 bridgehead atoms. The zero-order chi connectivity index (χ0) is 16.6. The normalized spacial score (nSPS) is 11.1. The lowest BCUT2D eigenvalue weighted by Crippen LogP contribution is -2.10. The van der Waals surface area contributed by atoms with E-state index in [4.69, 9.17) is 4.74 Å². The van der Waals surface area contributed by atoms with E-state index >= 15 is 0 Å². The highest BCUT2D eigenvalue weighted by Gasteiger charge is 2.06. The molecule has 6 heteroatoms. The van der Waals surface area contributed by atoms with Gasteiger partial charge in [-0.2, -0.15) is 0 Å². The fraction of sp³-hybridized carbons (Fsp3) is 0.0556. The molecule has 3 rings (SSSR count). The highest BCUT2D eigenvalue weighted by molar-refractivity contribution is 7.14. The Bertz CT molecular complexity index is 817. The monoisotopic (exact) mass is 337 g/mol. The van der Waals surface area contributed by atoms with E-state index in [1.54, 1.807) is 0 Å². The lowest BCUT2D eigenvalue weighted by Gasteiger charge is -2.04. The van der Waals surface area contributed by atoms with Gasteiger partial charge < -0.3 is 4.74 Å². The molecule has 0 atom stereocenters. The fourth-order valence-electron chi connectivity index (χ4n) is 2.11. The first-order valence-electron chi connectivity index (χ1n) is 7.33. The summed E-state index contributed by atoms with van der Waals surface area (Å²) in [6.07, 6.45) is 0.420. The maximum atomic E-state index is 10.7. The maximum absolute atomic E-state index is 10.7. The van der Waals surface area contributed by atoms with Gasteiger partial charge in [-0.15, -0.1) is 16.4 Å². The van der Waals surface area contributed by atoms with E-state index in [1.807, 2.05) is 66.0 Å². The van der Waals surface area contributed by atoms with Crippen LogP contribution in [0.3, 0.4) is 0 Å². The summed E-state index contributed by atoms with van der Waals surface area (Å²) in [7, 11) is 0. The summed E-state index contributed by atoms with van der Waals surface area (Å²) >= 11 is 1.44. The van der Waals surface area contributed by atoms with Gasteiger partial charge in [-0.1, -0.05) is 60.7 Å². The van der Waals surface area contributed by atoms with Gasteiger partial charge >= 0.3 is 0 Å². The molecule has 1 aromatic heterocycles. The van der Waals surface area contributed by atoms with E-state index in [9.17, 15) is 4.79 Å². The van der Waals surface area contributed by atoms with E-state index < -0.39 is 0 Å².